The summed E-state index contributed by atoms with van der Waals surface area (Å²) in [4.78, 5) is 15.3. The molecule has 104 valence electrons. The molecule has 0 unspecified atom stereocenters. The average molecular weight is 269 g/mol. The van der Waals surface area contributed by atoms with Gasteiger partial charge in [-0.25, -0.2) is 4.98 Å². The van der Waals surface area contributed by atoms with Crippen molar-refractivity contribution in [2.24, 2.45) is 0 Å². The molecule has 0 saturated heterocycles. The average Bonchev–Trinajstić information content (AvgIpc) is 2.39. The molecular weight excluding hydrogens is 250 g/mol. The molecule has 2 rings (SSSR count). The summed E-state index contributed by atoms with van der Waals surface area (Å²) in [6.45, 7) is 8.03. The highest BCUT2D eigenvalue weighted by Gasteiger charge is 2.13. The van der Waals surface area contributed by atoms with E-state index in [2.05, 4.69) is 37.9 Å². The van der Waals surface area contributed by atoms with Crippen molar-refractivity contribution in [1.82, 2.24) is 4.98 Å². The maximum Gasteiger partial charge on any atom is 0.219 e. The Hall–Kier alpha value is -2.16. The van der Waals surface area contributed by atoms with Gasteiger partial charge >= 0.3 is 0 Å². The Balaban J connectivity index is 2.12. The van der Waals surface area contributed by atoms with Crippen LogP contribution in [0.1, 0.15) is 43.6 Å². The van der Waals surface area contributed by atoms with Gasteiger partial charge in [0.25, 0.3) is 0 Å². The molecule has 0 atom stereocenters. The van der Waals surface area contributed by atoms with Crippen molar-refractivity contribution in [1.29, 1.82) is 0 Å². The highest BCUT2D eigenvalue weighted by Crippen LogP contribution is 2.26. The zero-order chi connectivity index (χ0) is 14.8. The second-order valence-corrected chi connectivity index (χ2v) is 5.82. The third-order valence-electron chi connectivity index (χ3n) is 3.09. The van der Waals surface area contributed by atoms with E-state index in [0.717, 1.165) is 5.75 Å². The van der Waals surface area contributed by atoms with Crippen molar-refractivity contribution in [3.63, 3.8) is 0 Å². The van der Waals surface area contributed by atoms with E-state index < -0.39 is 0 Å². The van der Waals surface area contributed by atoms with Crippen LogP contribution in [0, 0.1) is 0 Å². The van der Waals surface area contributed by atoms with E-state index in [1.165, 1.54) is 18.7 Å². The molecule has 1 aromatic heterocycles. The van der Waals surface area contributed by atoms with E-state index in [1.54, 1.807) is 12.1 Å². The summed E-state index contributed by atoms with van der Waals surface area (Å²) in [5.41, 5.74) is 1.96. The Morgan fingerprint density at radius 2 is 1.70 bits per heavy atom. The zero-order valence-corrected chi connectivity index (χ0v) is 12.3. The first-order chi connectivity index (χ1) is 9.36. The number of pyridine rings is 1. The summed E-state index contributed by atoms with van der Waals surface area (Å²) in [7, 11) is 0. The van der Waals surface area contributed by atoms with Crippen molar-refractivity contribution in [3.8, 4) is 11.6 Å². The van der Waals surface area contributed by atoms with Crippen LogP contribution < -0.4 is 4.74 Å². The van der Waals surface area contributed by atoms with E-state index in [4.69, 9.17) is 4.74 Å². The molecule has 0 spiro atoms. The Kier molecular flexibility index (Phi) is 3.89. The highest BCUT2D eigenvalue weighted by atomic mass is 16.5. The predicted octanol–water partition coefficient (Wildman–Crippen LogP) is 4.37. The van der Waals surface area contributed by atoms with Crippen LogP contribution in [0.3, 0.4) is 0 Å². The van der Waals surface area contributed by atoms with Crippen LogP contribution in [-0.2, 0) is 5.41 Å². The molecule has 20 heavy (non-hydrogen) atoms. The smallest absolute Gasteiger partial charge is 0.219 e. The number of Topliss-reactive ketones (excluding diaryl/α,β-unsaturated/α-hetero) is 1. The first-order valence-corrected chi connectivity index (χ1v) is 6.61. The predicted molar refractivity (Wildman–Crippen MR) is 79.5 cm³/mol. The molecule has 0 fully saturated rings. The van der Waals surface area contributed by atoms with Crippen molar-refractivity contribution < 1.29 is 9.53 Å². The maximum absolute atomic E-state index is 11.2. The van der Waals surface area contributed by atoms with Gasteiger partial charge in [0.1, 0.15) is 5.75 Å². The first kappa shape index (κ1) is 14.3. The number of aromatic nitrogens is 1. The number of benzene rings is 1. The van der Waals surface area contributed by atoms with Crippen LogP contribution in [0.5, 0.6) is 11.6 Å². The zero-order valence-electron chi connectivity index (χ0n) is 12.3. The molecule has 3 heteroatoms. The molecule has 0 radical (unpaired) electrons. The fourth-order valence-corrected chi connectivity index (χ4v) is 1.79. The standard InChI is InChI=1S/C17H19NO2/c1-12(19)13-5-10-16(18-11-13)20-15-8-6-14(7-9-15)17(2,3)4/h5-11H,1-4H3. The van der Waals surface area contributed by atoms with Gasteiger partial charge in [0, 0.05) is 17.8 Å². The molecule has 3 nitrogen and oxygen atoms in total. The number of ketones is 1. The summed E-state index contributed by atoms with van der Waals surface area (Å²) in [6, 6.07) is 11.4. The maximum atomic E-state index is 11.2. The highest BCUT2D eigenvalue weighted by molar-refractivity contribution is 5.93. The van der Waals surface area contributed by atoms with E-state index in [-0.39, 0.29) is 11.2 Å². The Morgan fingerprint density at radius 3 is 2.15 bits per heavy atom. The van der Waals surface area contributed by atoms with Crippen molar-refractivity contribution in [2.45, 2.75) is 33.1 Å². The molecule has 1 aromatic carbocycles. The number of hydrogen-bond donors (Lipinski definition) is 0. The van der Waals surface area contributed by atoms with Crippen molar-refractivity contribution >= 4 is 5.78 Å². The van der Waals surface area contributed by atoms with E-state index in [1.807, 2.05) is 12.1 Å². The lowest BCUT2D eigenvalue weighted by molar-refractivity contribution is 0.101. The van der Waals surface area contributed by atoms with Crippen LogP contribution in [0.15, 0.2) is 42.6 Å². The van der Waals surface area contributed by atoms with Crippen LogP contribution in [-0.4, -0.2) is 10.8 Å². The molecular formula is C17H19NO2. The molecule has 0 aliphatic carbocycles. The van der Waals surface area contributed by atoms with Gasteiger partial charge in [-0.1, -0.05) is 32.9 Å². The minimum absolute atomic E-state index is 0.00131. The largest absolute Gasteiger partial charge is 0.439 e. The van der Waals surface area contributed by atoms with Gasteiger partial charge in [0.2, 0.25) is 5.88 Å². The minimum atomic E-state index is -0.00131. The number of rotatable bonds is 3. The van der Waals surface area contributed by atoms with Gasteiger partial charge in [-0.2, -0.15) is 0 Å². The molecule has 0 N–H and O–H groups in total. The normalized spacial score (nSPS) is 11.2. The monoisotopic (exact) mass is 269 g/mol. The summed E-state index contributed by atoms with van der Waals surface area (Å²) < 4.78 is 5.66. The van der Waals surface area contributed by atoms with Gasteiger partial charge in [0.05, 0.1) is 0 Å². The van der Waals surface area contributed by atoms with Crippen molar-refractivity contribution in [3.05, 3.63) is 53.7 Å². The van der Waals surface area contributed by atoms with Crippen molar-refractivity contribution in [2.75, 3.05) is 0 Å². The third-order valence-corrected chi connectivity index (χ3v) is 3.09. The number of ether oxygens (including phenoxy) is 1. The minimum Gasteiger partial charge on any atom is -0.439 e. The van der Waals surface area contributed by atoms with E-state index in [0.29, 0.717) is 11.4 Å². The summed E-state index contributed by atoms with van der Waals surface area (Å²) in [6.07, 6.45) is 1.53. The summed E-state index contributed by atoms with van der Waals surface area (Å²) >= 11 is 0. The third kappa shape index (κ3) is 3.44. The topological polar surface area (TPSA) is 39.2 Å². The summed E-state index contributed by atoms with van der Waals surface area (Å²) in [5, 5.41) is 0. The summed E-state index contributed by atoms with van der Waals surface area (Å²) in [5.74, 6) is 1.22. The fraction of sp³-hybridized carbons (Fsp3) is 0.294. The van der Waals surface area contributed by atoms with Crippen LogP contribution in [0.4, 0.5) is 0 Å². The second kappa shape index (κ2) is 5.45. The Morgan fingerprint density at radius 1 is 1.05 bits per heavy atom. The Labute approximate surface area is 119 Å². The number of carbonyl (C=O) groups excluding carboxylic acids is 1. The lowest BCUT2D eigenvalue weighted by Crippen LogP contribution is -2.10. The molecule has 2 aromatic rings. The fourth-order valence-electron chi connectivity index (χ4n) is 1.79. The lowest BCUT2D eigenvalue weighted by Gasteiger charge is -2.19. The molecule has 1 heterocycles. The van der Waals surface area contributed by atoms with Gasteiger partial charge in [-0.3, -0.25) is 4.79 Å². The molecule has 0 aliphatic rings. The molecule has 0 aliphatic heterocycles. The van der Waals surface area contributed by atoms with Crippen LogP contribution >= 0.6 is 0 Å². The van der Waals surface area contributed by atoms with Gasteiger partial charge in [-0.05, 0) is 36.1 Å². The van der Waals surface area contributed by atoms with Crippen LogP contribution in [0.25, 0.3) is 0 Å². The Bertz CT molecular complexity index is 592. The van der Waals surface area contributed by atoms with Gasteiger partial charge < -0.3 is 4.74 Å². The number of carbonyl (C=O) groups is 1. The molecule has 0 saturated carbocycles. The quantitative estimate of drug-likeness (QED) is 0.776. The van der Waals surface area contributed by atoms with E-state index in [9.17, 15) is 4.79 Å². The molecule has 0 amide bonds. The van der Waals surface area contributed by atoms with Gasteiger partial charge in [-0.15, -0.1) is 0 Å². The lowest BCUT2D eigenvalue weighted by atomic mass is 9.87. The molecule has 0 bridgehead atoms. The van der Waals surface area contributed by atoms with Gasteiger partial charge in [0.15, 0.2) is 5.78 Å². The SMILES string of the molecule is CC(=O)c1ccc(Oc2ccc(C(C)(C)C)cc2)nc1. The number of nitrogens with zero attached hydrogens (tertiary/aromatic N) is 1. The second-order valence-electron chi connectivity index (χ2n) is 5.82. The van der Waals surface area contributed by atoms with E-state index >= 15 is 0 Å². The van der Waals surface area contributed by atoms with Crippen LogP contribution in [0.2, 0.25) is 0 Å². The number of hydrogen-bond acceptors (Lipinski definition) is 3. The first-order valence-electron chi connectivity index (χ1n) is 6.61.